The van der Waals surface area contributed by atoms with Gasteiger partial charge in [0.1, 0.15) is 0 Å². The van der Waals surface area contributed by atoms with Crippen molar-refractivity contribution in [2.24, 2.45) is 0 Å². The SMILES string of the molecule is CCCCCCCOCCCCCCC.FC(F)(F)C(F)(F)C(F)(F)[C](F)(F)[Sn][C](F)(F)C(F)(F)C(F)(F)C(F)(F)F. The van der Waals surface area contributed by atoms with Crippen molar-refractivity contribution in [2.75, 3.05) is 13.2 Å². The third-order valence-corrected chi connectivity index (χ3v) is 8.97. The Morgan fingerprint density at radius 2 is 0.643 bits per heavy atom. The van der Waals surface area contributed by atoms with E-state index in [4.69, 9.17) is 4.74 Å². The molecule has 20 heteroatoms. The van der Waals surface area contributed by atoms with Crippen molar-refractivity contribution in [1.82, 2.24) is 0 Å². The maximum absolute atomic E-state index is 12.9. The van der Waals surface area contributed by atoms with Crippen LogP contribution in [0.2, 0.25) is 0 Å². The molecule has 0 aliphatic carbocycles. The molecule has 0 unspecified atom stereocenters. The van der Waals surface area contributed by atoms with Crippen LogP contribution < -0.4 is 0 Å². The number of ether oxygens (including phenoxy) is 1. The molecule has 0 aliphatic heterocycles. The first-order valence-corrected chi connectivity index (χ1v) is 15.2. The van der Waals surface area contributed by atoms with Gasteiger partial charge in [0, 0.05) is 13.2 Å². The Morgan fingerprint density at radius 3 is 0.881 bits per heavy atom. The van der Waals surface area contributed by atoms with Gasteiger partial charge in [-0.25, -0.2) is 0 Å². The molecule has 42 heavy (non-hydrogen) atoms. The van der Waals surface area contributed by atoms with Gasteiger partial charge in [-0.15, -0.1) is 0 Å². The zero-order valence-electron chi connectivity index (χ0n) is 22.2. The Bertz CT molecular complexity index is 689. The average molecular weight is 771 g/mol. The van der Waals surface area contributed by atoms with E-state index in [2.05, 4.69) is 13.8 Å². The van der Waals surface area contributed by atoms with Crippen LogP contribution in [0.4, 0.5) is 79.0 Å². The van der Waals surface area contributed by atoms with Gasteiger partial charge >= 0.3 is 144 Å². The predicted octanol–water partition coefficient (Wildman–Crippen LogP) is 10.5. The van der Waals surface area contributed by atoms with Crippen molar-refractivity contribution < 1.29 is 83.8 Å². The topological polar surface area (TPSA) is 9.23 Å². The van der Waals surface area contributed by atoms with E-state index in [-0.39, 0.29) is 0 Å². The molecule has 0 saturated carbocycles. The molecule has 0 atom stereocenters. The number of hydrogen-bond donors (Lipinski definition) is 0. The van der Waals surface area contributed by atoms with Crippen molar-refractivity contribution in [3.63, 3.8) is 0 Å². The van der Waals surface area contributed by atoms with Crippen molar-refractivity contribution in [2.45, 2.75) is 122 Å². The van der Waals surface area contributed by atoms with E-state index in [1.807, 2.05) is 0 Å². The molecule has 0 aromatic carbocycles. The molecule has 0 saturated heterocycles. The van der Waals surface area contributed by atoms with Crippen LogP contribution in [0.15, 0.2) is 0 Å². The summed E-state index contributed by atoms with van der Waals surface area (Å²) < 4.78 is 214. The van der Waals surface area contributed by atoms with E-state index in [1.54, 1.807) is 0 Å². The Morgan fingerprint density at radius 1 is 0.381 bits per heavy atom. The van der Waals surface area contributed by atoms with Crippen LogP contribution in [0.25, 0.3) is 0 Å². The van der Waals surface area contributed by atoms with Gasteiger partial charge in [-0.1, -0.05) is 65.2 Å². The number of alkyl halides is 18. The van der Waals surface area contributed by atoms with E-state index >= 15 is 0 Å². The molecule has 0 rings (SSSR count). The Balaban J connectivity index is 0. The van der Waals surface area contributed by atoms with Gasteiger partial charge in [-0.3, -0.25) is 0 Å². The van der Waals surface area contributed by atoms with E-state index < -0.39 is 65.1 Å². The first-order valence-electron chi connectivity index (χ1n) is 12.4. The summed E-state index contributed by atoms with van der Waals surface area (Å²) in [4.78, 5) is 0. The molecule has 0 fully saturated rings. The fourth-order valence-corrected chi connectivity index (χ4v) is 5.74. The van der Waals surface area contributed by atoms with Crippen LogP contribution in [0.1, 0.15) is 78.1 Å². The monoisotopic (exact) mass is 772 g/mol. The standard InChI is InChI=1S/C14H30O.2C4F9.Sn/c1-3-5-7-9-11-13-15-14-12-10-8-6-4-2;2*5-1(6)2(7,8)3(9,10)4(11,12)13;/h3-14H2,1-2H3;;;. The molecule has 254 valence electrons. The minimum absolute atomic E-state index is 0.984. The van der Waals surface area contributed by atoms with E-state index in [1.165, 1.54) is 64.2 Å². The number of halogens is 18. The fraction of sp³-hybridized carbons (Fsp3) is 1.00. The van der Waals surface area contributed by atoms with Crippen LogP contribution in [-0.4, -0.2) is 78.3 Å². The van der Waals surface area contributed by atoms with Crippen molar-refractivity contribution in [1.29, 1.82) is 0 Å². The van der Waals surface area contributed by atoms with E-state index in [9.17, 15) is 79.0 Å². The van der Waals surface area contributed by atoms with Crippen molar-refractivity contribution in [3.05, 3.63) is 0 Å². The van der Waals surface area contributed by atoms with Crippen molar-refractivity contribution in [3.8, 4) is 0 Å². The summed E-state index contributed by atoms with van der Waals surface area (Å²) in [5.41, 5.74) is 0. The molecule has 0 spiro atoms. The van der Waals surface area contributed by atoms with Crippen LogP contribution in [0.5, 0.6) is 0 Å². The molecular weight excluding hydrogens is 741 g/mol. The summed E-state index contributed by atoms with van der Waals surface area (Å²) in [6.07, 6.45) is -1.64. The summed E-state index contributed by atoms with van der Waals surface area (Å²) >= 11 is -6.91. The fourth-order valence-electron chi connectivity index (χ4n) is 2.82. The van der Waals surface area contributed by atoms with Crippen LogP contribution in [0, 0.1) is 0 Å². The third-order valence-electron chi connectivity index (χ3n) is 5.39. The molecule has 0 amide bonds. The van der Waals surface area contributed by atoms with E-state index in [0.29, 0.717) is 0 Å². The molecule has 0 aromatic rings. The van der Waals surface area contributed by atoms with Crippen LogP contribution in [0.3, 0.4) is 0 Å². The van der Waals surface area contributed by atoms with Gasteiger partial charge in [0.15, 0.2) is 0 Å². The Hall–Kier alpha value is -0.501. The molecular formula is C22H30F18OSn. The summed E-state index contributed by atoms with van der Waals surface area (Å²) in [7, 11) is 0. The second-order valence-corrected chi connectivity index (χ2v) is 13.3. The second-order valence-electron chi connectivity index (χ2n) is 9.01. The molecule has 0 aliphatic rings. The summed E-state index contributed by atoms with van der Waals surface area (Å²) in [6, 6.07) is 0. The Labute approximate surface area is 240 Å². The molecule has 1 nitrogen and oxygen atoms in total. The Kier molecular flexibility index (Phi) is 17.4. The minimum atomic E-state index is -7.85. The molecule has 0 heterocycles. The average Bonchev–Trinajstić information content (AvgIpc) is 2.80. The molecule has 0 N–H and O–H groups in total. The van der Waals surface area contributed by atoms with Gasteiger partial charge in [-0.05, 0) is 12.8 Å². The zero-order chi connectivity index (χ0) is 33.9. The van der Waals surface area contributed by atoms with E-state index in [0.717, 1.165) is 13.2 Å². The number of unbranched alkanes of at least 4 members (excludes halogenated alkanes) is 8. The molecule has 0 bridgehead atoms. The van der Waals surface area contributed by atoms with Gasteiger partial charge in [0.05, 0.1) is 0 Å². The normalized spacial score (nSPS) is 14.6. The third kappa shape index (κ3) is 11.5. The van der Waals surface area contributed by atoms with Crippen LogP contribution in [-0.2, 0) is 4.74 Å². The second kappa shape index (κ2) is 16.7. The first kappa shape index (κ1) is 43.6. The van der Waals surface area contributed by atoms with Crippen LogP contribution >= 0.6 is 0 Å². The number of hydrogen-bond acceptors (Lipinski definition) is 1. The number of rotatable bonds is 18. The maximum atomic E-state index is 12.9. The van der Waals surface area contributed by atoms with Gasteiger partial charge in [0.25, 0.3) is 0 Å². The van der Waals surface area contributed by atoms with Gasteiger partial charge in [0.2, 0.25) is 0 Å². The summed E-state index contributed by atoms with van der Waals surface area (Å²) in [5, 5.41) is 0. The zero-order valence-corrected chi connectivity index (χ0v) is 25.1. The van der Waals surface area contributed by atoms with Gasteiger partial charge in [-0.2, -0.15) is 0 Å². The first-order chi connectivity index (χ1) is 18.6. The predicted molar refractivity (Wildman–Crippen MR) is 116 cm³/mol. The quantitative estimate of drug-likeness (QED) is 0.0766. The van der Waals surface area contributed by atoms with Gasteiger partial charge < -0.3 is 4.74 Å². The summed E-state index contributed by atoms with van der Waals surface area (Å²) in [5.74, 6) is -31.3. The van der Waals surface area contributed by atoms with Crippen molar-refractivity contribution >= 4 is 21.1 Å². The summed E-state index contributed by atoms with van der Waals surface area (Å²) in [6.45, 7) is 6.48. The molecule has 2 radical (unpaired) electrons. The molecule has 0 aromatic heterocycles.